The first-order chi connectivity index (χ1) is 7.61. The summed E-state index contributed by atoms with van der Waals surface area (Å²) in [5, 5.41) is -3.89. The summed E-state index contributed by atoms with van der Waals surface area (Å²) in [6, 6.07) is 0. The number of hydrogen-bond acceptors (Lipinski definition) is 0. The van der Waals surface area contributed by atoms with E-state index in [0.29, 0.717) is 0 Å². The molecule has 0 spiro atoms. The van der Waals surface area contributed by atoms with E-state index in [0.717, 1.165) is 6.92 Å². The highest BCUT2D eigenvalue weighted by atomic mass is 31.3. The summed E-state index contributed by atoms with van der Waals surface area (Å²) < 4.78 is 103. The zero-order chi connectivity index (χ0) is 13.6. The van der Waals surface area contributed by atoms with Crippen LogP contribution in [0.3, 0.4) is 0 Å². The van der Waals surface area contributed by atoms with Crippen molar-refractivity contribution < 1.29 is 34.5 Å². The van der Waals surface area contributed by atoms with Crippen molar-refractivity contribution in [3.8, 4) is 0 Å². The molecule has 9 heteroatoms. The van der Waals surface area contributed by atoms with Crippen molar-refractivity contribution in [3.63, 3.8) is 0 Å². The van der Waals surface area contributed by atoms with Crippen LogP contribution in [-0.2, 0) is 0 Å². The fourth-order valence-electron chi connectivity index (χ4n) is 1.58. The third kappa shape index (κ3) is 1.77. The fraction of sp³-hybridized carbons (Fsp3) is 0.500. The second-order valence-electron chi connectivity index (χ2n) is 3.38. The highest BCUT2D eigenvalue weighted by Crippen LogP contribution is 2.80. The van der Waals surface area contributed by atoms with E-state index in [1.54, 1.807) is 0 Å². The van der Waals surface area contributed by atoms with Gasteiger partial charge in [-0.3, -0.25) is 0 Å². The van der Waals surface area contributed by atoms with Crippen LogP contribution in [0.25, 0.3) is 0 Å². The Morgan fingerprint density at radius 2 is 1.53 bits per heavy atom. The van der Waals surface area contributed by atoms with Crippen LogP contribution in [-0.4, -0.2) is 11.3 Å². The Morgan fingerprint density at radius 1 is 1.06 bits per heavy atom. The van der Waals surface area contributed by atoms with Crippen molar-refractivity contribution in [3.05, 3.63) is 23.3 Å². The van der Waals surface area contributed by atoms with E-state index in [9.17, 15) is 34.5 Å². The lowest BCUT2D eigenvalue weighted by Crippen LogP contribution is -2.42. The van der Waals surface area contributed by atoms with Crippen LogP contribution in [0.1, 0.15) is 13.3 Å². The first-order valence-electron chi connectivity index (χ1n) is 4.34. The summed E-state index contributed by atoms with van der Waals surface area (Å²) in [6.07, 6.45) is -4.83. The van der Waals surface area contributed by atoms with E-state index in [1.165, 1.54) is 0 Å². The van der Waals surface area contributed by atoms with E-state index in [2.05, 4.69) is 0 Å². The van der Waals surface area contributed by atoms with Crippen LogP contribution in [0.15, 0.2) is 23.3 Å². The highest BCUT2D eigenvalue weighted by Gasteiger charge is 2.77. The molecular formula is C8H6F8P+. The van der Waals surface area contributed by atoms with Gasteiger partial charge in [0.15, 0.2) is 23.3 Å². The van der Waals surface area contributed by atoms with Crippen molar-refractivity contribution in [2.24, 2.45) is 0 Å². The van der Waals surface area contributed by atoms with Crippen molar-refractivity contribution in [2.75, 3.05) is 0 Å². The lowest BCUT2D eigenvalue weighted by atomic mass is 9.91. The molecule has 98 valence electrons. The van der Waals surface area contributed by atoms with Crippen LogP contribution >= 0.6 is 8.19 Å². The largest absolute Gasteiger partial charge is 0.585 e. The van der Waals surface area contributed by atoms with Crippen molar-refractivity contribution >= 4 is 8.19 Å². The molecule has 0 aromatic rings. The van der Waals surface area contributed by atoms with Crippen molar-refractivity contribution in [1.29, 1.82) is 0 Å². The lowest BCUT2D eigenvalue weighted by Gasteiger charge is -2.29. The van der Waals surface area contributed by atoms with Gasteiger partial charge < -0.3 is 0 Å². The fourth-order valence-corrected chi connectivity index (χ4v) is 2.63. The second kappa shape index (κ2) is 4.23. The first-order valence-corrected chi connectivity index (χ1v) is 5.80. The molecule has 0 N–H and O–H groups in total. The summed E-state index contributed by atoms with van der Waals surface area (Å²) in [6.45, 7) is 0.726. The Labute approximate surface area is 91.7 Å². The van der Waals surface area contributed by atoms with Crippen LogP contribution in [0.5, 0.6) is 0 Å². The molecule has 1 aliphatic carbocycles. The molecule has 1 rings (SSSR count). The van der Waals surface area contributed by atoms with Gasteiger partial charge in [0.05, 0.1) is 0 Å². The van der Waals surface area contributed by atoms with Gasteiger partial charge in [0.25, 0.3) is 5.16 Å². The number of halogens is 8. The van der Waals surface area contributed by atoms with Crippen LogP contribution in [0.2, 0.25) is 0 Å². The van der Waals surface area contributed by atoms with Gasteiger partial charge in [-0.25, -0.2) is 22.0 Å². The molecule has 0 heterocycles. The van der Waals surface area contributed by atoms with E-state index >= 15 is 0 Å². The third-order valence-electron chi connectivity index (χ3n) is 2.61. The second-order valence-corrected chi connectivity index (χ2v) is 5.06. The summed E-state index contributed by atoms with van der Waals surface area (Å²) in [7, 11) is -6.82. The molecule has 0 aliphatic heterocycles. The molecule has 0 aromatic heterocycles. The standard InChI is InChI=1S/C8H6F8P/c1-2-8(17(14,15)16)6(12)4(10)3(9)5(11)7(8)13/h6H,2H2,1H3/q+1. The molecule has 0 aromatic carbocycles. The van der Waals surface area contributed by atoms with Gasteiger partial charge in [-0.1, -0.05) is 6.92 Å². The Bertz CT molecular complexity index is 395. The summed E-state index contributed by atoms with van der Waals surface area (Å²) >= 11 is 0. The molecule has 17 heavy (non-hydrogen) atoms. The molecule has 0 fully saturated rings. The van der Waals surface area contributed by atoms with Crippen molar-refractivity contribution in [2.45, 2.75) is 24.7 Å². The normalized spacial score (nSPS) is 31.2. The molecule has 1 aliphatic rings. The SMILES string of the molecule is CCC1([P+](F)(F)F)C(F)=C(F)C(F)=C(F)C1F. The van der Waals surface area contributed by atoms with Gasteiger partial charge in [0, 0.05) is 19.0 Å². The van der Waals surface area contributed by atoms with Crippen LogP contribution in [0, 0.1) is 0 Å². The van der Waals surface area contributed by atoms with Crippen LogP contribution in [0.4, 0.5) is 34.5 Å². The van der Waals surface area contributed by atoms with Gasteiger partial charge in [-0.2, -0.15) is 0 Å². The van der Waals surface area contributed by atoms with Crippen LogP contribution < -0.4 is 0 Å². The van der Waals surface area contributed by atoms with Gasteiger partial charge in [-0.05, 0) is 0 Å². The third-order valence-corrected chi connectivity index (χ3v) is 4.25. The predicted molar refractivity (Wildman–Crippen MR) is 46.6 cm³/mol. The first kappa shape index (κ1) is 14.4. The molecule has 2 atom stereocenters. The minimum Gasteiger partial charge on any atom is -0.234 e. The molecule has 0 amide bonds. The lowest BCUT2D eigenvalue weighted by molar-refractivity contribution is 0.202. The van der Waals surface area contributed by atoms with Gasteiger partial charge in [-0.15, -0.1) is 0 Å². The molecule has 0 nitrogen and oxygen atoms in total. The molecule has 0 saturated carbocycles. The predicted octanol–water partition coefficient (Wildman–Crippen LogP) is 5.46. The number of allylic oxidation sites excluding steroid dienone is 4. The summed E-state index contributed by atoms with van der Waals surface area (Å²) in [5.41, 5.74) is 0. The van der Waals surface area contributed by atoms with E-state index in [1.807, 2.05) is 0 Å². The van der Waals surface area contributed by atoms with Gasteiger partial charge >= 0.3 is 8.19 Å². The zero-order valence-electron chi connectivity index (χ0n) is 8.26. The monoisotopic (exact) mass is 285 g/mol. The Balaban J connectivity index is 3.56. The number of hydrogen-bond donors (Lipinski definition) is 0. The van der Waals surface area contributed by atoms with E-state index < -0.39 is 49.3 Å². The average Bonchev–Trinajstić information content (AvgIpc) is 2.23. The zero-order valence-corrected chi connectivity index (χ0v) is 9.15. The molecular weight excluding hydrogens is 279 g/mol. The quantitative estimate of drug-likeness (QED) is 0.467. The molecule has 0 saturated heterocycles. The Hall–Kier alpha value is -0.650. The van der Waals surface area contributed by atoms with Crippen molar-refractivity contribution in [1.82, 2.24) is 0 Å². The van der Waals surface area contributed by atoms with Gasteiger partial charge in [0.2, 0.25) is 6.17 Å². The maximum atomic E-state index is 13.3. The maximum Gasteiger partial charge on any atom is 0.585 e. The maximum absolute atomic E-state index is 13.3. The number of alkyl halides is 1. The highest BCUT2D eigenvalue weighted by molar-refractivity contribution is 7.62. The minimum absolute atomic E-state index is 0.726. The number of rotatable bonds is 2. The minimum atomic E-state index is -6.82. The Kier molecular flexibility index (Phi) is 3.58. The summed E-state index contributed by atoms with van der Waals surface area (Å²) in [4.78, 5) is 0. The average molecular weight is 285 g/mol. The van der Waals surface area contributed by atoms with E-state index in [4.69, 9.17) is 0 Å². The summed E-state index contributed by atoms with van der Waals surface area (Å²) in [5.74, 6) is -10.3. The Morgan fingerprint density at radius 3 is 1.88 bits per heavy atom. The van der Waals surface area contributed by atoms with Gasteiger partial charge in [0.1, 0.15) is 0 Å². The molecule has 0 radical (unpaired) electrons. The molecule has 0 bridgehead atoms. The topological polar surface area (TPSA) is 0 Å². The van der Waals surface area contributed by atoms with E-state index in [-0.39, 0.29) is 0 Å². The molecule has 2 unspecified atom stereocenters. The smallest absolute Gasteiger partial charge is 0.234 e.